The van der Waals surface area contributed by atoms with Gasteiger partial charge in [0.1, 0.15) is 0 Å². The number of guanidine groups is 1. The van der Waals surface area contributed by atoms with Crippen LogP contribution >= 0.6 is 24.0 Å². The number of hydrogen-bond acceptors (Lipinski definition) is 2. The summed E-state index contributed by atoms with van der Waals surface area (Å²) >= 11 is 0. The summed E-state index contributed by atoms with van der Waals surface area (Å²) in [4.78, 5) is 18.6. The first-order chi connectivity index (χ1) is 13.3. The summed E-state index contributed by atoms with van der Waals surface area (Å²) in [6.45, 7) is 14.2. The Morgan fingerprint density at radius 3 is 2.62 bits per heavy atom. The van der Waals surface area contributed by atoms with Gasteiger partial charge < -0.3 is 15.5 Å². The molecule has 1 atom stereocenters. The van der Waals surface area contributed by atoms with Crippen molar-refractivity contribution < 1.29 is 4.79 Å². The molecule has 1 aromatic rings. The molecule has 0 saturated carbocycles. The lowest BCUT2D eigenvalue weighted by atomic mass is 9.89. The second kappa shape index (κ2) is 12.4. The van der Waals surface area contributed by atoms with E-state index in [0.717, 1.165) is 31.9 Å². The van der Waals surface area contributed by atoms with Crippen molar-refractivity contribution in [1.82, 2.24) is 15.5 Å². The smallest absolute Gasteiger partial charge is 0.222 e. The normalized spacial score (nSPS) is 15.8. The minimum atomic E-state index is 0. The van der Waals surface area contributed by atoms with Crippen LogP contribution in [0.1, 0.15) is 71.4 Å². The molecule has 0 aromatic heterocycles. The predicted octanol–water partition coefficient (Wildman–Crippen LogP) is 4.70. The van der Waals surface area contributed by atoms with Crippen molar-refractivity contribution in [1.29, 1.82) is 0 Å². The van der Waals surface area contributed by atoms with Crippen LogP contribution in [-0.4, -0.2) is 35.9 Å². The topological polar surface area (TPSA) is 56.7 Å². The second-order valence-corrected chi connectivity index (χ2v) is 9.08. The molecule has 1 heterocycles. The van der Waals surface area contributed by atoms with E-state index in [1.165, 1.54) is 17.5 Å². The lowest BCUT2D eigenvalue weighted by Crippen LogP contribution is -2.42. The van der Waals surface area contributed by atoms with Crippen LogP contribution in [0.15, 0.2) is 29.3 Å². The van der Waals surface area contributed by atoms with Gasteiger partial charge in [-0.25, -0.2) is 4.99 Å². The van der Waals surface area contributed by atoms with E-state index in [0.29, 0.717) is 31.0 Å². The van der Waals surface area contributed by atoms with E-state index >= 15 is 0 Å². The summed E-state index contributed by atoms with van der Waals surface area (Å²) in [6.07, 6.45) is 3.97. The van der Waals surface area contributed by atoms with Crippen LogP contribution < -0.4 is 10.6 Å². The molecular weight excluding hydrogens is 475 g/mol. The number of nitrogens with one attached hydrogen (secondary N) is 2. The first kappa shape index (κ1) is 25.7. The van der Waals surface area contributed by atoms with Crippen LogP contribution in [-0.2, 0) is 17.9 Å². The van der Waals surface area contributed by atoms with Gasteiger partial charge in [-0.1, -0.05) is 45.0 Å². The van der Waals surface area contributed by atoms with Gasteiger partial charge in [-0.2, -0.15) is 0 Å². The average Bonchev–Trinajstić information content (AvgIpc) is 3.03. The molecule has 1 amide bonds. The standard InChI is InChI=1S/C23H38N4O.HI/c1-6-24-22(26-18(2)12-13-23(3,4)5)25-16-19-9-7-10-20(15-19)17-27-14-8-11-21(27)28;/h7,9-10,15,18H,6,8,11-14,16-17H2,1-5H3,(H2,24,25,26);1H. The molecule has 2 N–H and O–H groups in total. The first-order valence-corrected chi connectivity index (χ1v) is 10.7. The number of benzene rings is 1. The van der Waals surface area contributed by atoms with Crippen molar-refractivity contribution in [2.24, 2.45) is 10.4 Å². The Labute approximate surface area is 194 Å². The number of halogens is 1. The monoisotopic (exact) mass is 514 g/mol. The number of aliphatic imine (C=N–C) groups is 1. The third-order valence-corrected chi connectivity index (χ3v) is 5.01. The number of nitrogens with zero attached hydrogens (tertiary/aromatic N) is 2. The summed E-state index contributed by atoms with van der Waals surface area (Å²) < 4.78 is 0. The molecule has 1 aromatic carbocycles. The zero-order valence-electron chi connectivity index (χ0n) is 18.8. The molecule has 1 aliphatic heterocycles. The highest BCUT2D eigenvalue weighted by molar-refractivity contribution is 14.0. The van der Waals surface area contributed by atoms with Crippen molar-refractivity contribution in [2.75, 3.05) is 13.1 Å². The Kier molecular flexibility index (Phi) is 11.0. The molecular formula is C23H39IN4O. The quantitative estimate of drug-likeness (QED) is 0.301. The van der Waals surface area contributed by atoms with Crippen LogP contribution in [0.25, 0.3) is 0 Å². The van der Waals surface area contributed by atoms with Crippen molar-refractivity contribution in [3.05, 3.63) is 35.4 Å². The molecule has 5 nitrogen and oxygen atoms in total. The third-order valence-electron chi connectivity index (χ3n) is 5.01. The van der Waals surface area contributed by atoms with Gasteiger partial charge in [0.2, 0.25) is 5.91 Å². The Morgan fingerprint density at radius 2 is 2.00 bits per heavy atom. The van der Waals surface area contributed by atoms with Crippen molar-refractivity contribution in [2.45, 2.75) is 79.4 Å². The van der Waals surface area contributed by atoms with Gasteiger partial charge in [0.15, 0.2) is 5.96 Å². The van der Waals surface area contributed by atoms with E-state index in [9.17, 15) is 4.79 Å². The number of rotatable bonds is 8. The van der Waals surface area contributed by atoms with Crippen LogP contribution in [0, 0.1) is 5.41 Å². The largest absolute Gasteiger partial charge is 0.357 e. The molecule has 1 unspecified atom stereocenters. The summed E-state index contributed by atoms with van der Waals surface area (Å²) in [5, 5.41) is 6.87. The molecule has 0 bridgehead atoms. The third kappa shape index (κ3) is 9.83. The number of carbonyl (C=O) groups excluding carboxylic acids is 1. The summed E-state index contributed by atoms with van der Waals surface area (Å²) in [5.74, 6) is 1.13. The van der Waals surface area contributed by atoms with E-state index in [1.807, 2.05) is 4.90 Å². The van der Waals surface area contributed by atoms with Crippen LogP contribution in [0.4, 0.5) is 0 Å². The van der Waals surface area contributed by atoms with E-state index in [4.69, 9.17) is 4.99 Å². The maximum atomic E-state index is 11.9. The zero-order valence-corrected chi connectivity index (χ0v) is 21.1. The lowest BCUT2D eigenvalue weighted by molar-refractivity contribution is -0.128. The first-order valence-electron chi connectivity index (χ1n) is 10.7. The number of hydrogen-bond donors (Lipinski definition) is 2. The van der Waals surface area contributed by atoms with Crippen molar-refractivity contribution in [3.63, 3.8) is 0 Å². The molecule has 1 fully saturated rings. The van der Waals surface area contributed by atoms with Crippen LogP contribution in [0.2, 0.25) is 0 Å². The Bertz CT molecular complexity index is 669. The fourth-order valence-corrected chi connectivity index (χ4v) is 3.36. The minimum absolute atomic E-state index is 0. The van der Waals surface area contributed by atoms with Gasteiger partial charge >= 0.3 is 0 Å². The highest BCUT2D eigenvalue weighted by Crippen LogP contribution is 2.21. The Hall–Kier alpha value is -1.31. The number of likely N-dealkylation sites (tertiary alicyclic amines) is 1. The van der Waals surface area contributed by atoms with Gasteiger partial charge in [-0.05, 0) is 49.7 Å². The van der Waals surface area contributed by atoms with Gasteiger partial charge in [0, 0.05) is 32.1 Å². The molecule has 2 rings (SSSR count). The highest BCUT2D eigenvalue weighted by atomic mass is 127. The summed E-state index contributed by atoms with van der Waals surface area (Å²) in [7, 11) is 0. The second-order valence-electron chi connectivity index (χ2n) is 9.08. The van der Waals surface area contributed by atoms with E-state index in [1.54, 1.807) is 0 Å². The SMILES string of the molecule is CCNC(=NCc1cccc(CN2CCCC2=O)c1)NC(C)CCC(C)(C)C.I. The molecule has 1 saturated heterocycles. The highest BCUT2D eigenvalue weighted by Gasteiger charge is 2.20. The van der Waals surface area contributed by atoms with Gasteiger partial charge in [0.05, 0.1) is 6.54 Å². The van der Waals surface area contributed by atoms with E-state index in [-0.39, 0.29) is 29.9 Å². The van der Waals surface area contributed by atoms with Gasteiger partial charge in [-0.15, -0.1) is 24.0 Å². The molecule has 0 aliphatic carbocycles. The van der Waals surface area contributed by atoms with Crippen LogP contribution in [0.3, 0.4) is 0 Å². The molecule has 164 valence electrons. The summed E-state index contributed by atoms with van der Waals surface area (Å²) in [5.41, 5.74) is 2.70. The minimum Gasteiger partial charge on any atom is -0.357 e. The predicted molar refractivity (Wildman–Crippen MR) is 133 cm³/mol. The van der Waals surface area contributed by atoms with E-state index < -0.39 is 0 Å². The van der Waals surface area contributed by atoms with Crippen molar-refractivity contribution in [3.8, 4) is 0 Å². The summed E-state index contributed by atoms with van der Waals surface area (Å²) in [6, 6.07) is 8.81. The molecule has 0 radical (unpaired) electrons. The molecule has 1 aliphatic rings. The van der Waals surface area contributed by atoms with Crippen molar-refractivity contribution >= 4 is 35.8 Å². The van der Waals surface area contributed by atoms with E-state index in [2.05, 4.69) is 69.5 Å². The zero-order chi connectivity index (χ0) is 20.6. The van der Waals surface area contributed by atoms with Gasteiger partial charge in [0.25, 0.3) is 0 Å². The molecule has 0 spiro atoms. The Balaban J connectivity index is 0.00000420. The number of amides is 1. The van der Waals surface area contributed by atoms with Crippen LogP contribution in [0.5, 0.6) is 0 Å². The number of carbonyl (C=O) groups is 1. The molecule has 29 heavy (non-hydrogen) atoms. The fourth-order valence-electron chi connectivity index (χ4n) is 3.36. The maximum Gasteiger partial charge on any atom is 0.222 e. The molecule has 6 heteroatoms. The Morgan fingerprint density at radius 1 is 1.28 bits per heavy atom. The van der Waals surface area contributed by atoms with Gasteiger partial charge in [-0.3, -0.25) is 4.79 Å². The maximum absolute atomic E-state index is 11.9. The lowest BCUT2D eigenvalue weighted by Gasteiger charge is -2.23. The average molecular weight is 514 g/mol. The fraction of sp³-hybridized carbons (Fsp3) is 0.652.